The maximum atomic E-state index is 5.56. The standard InChI is InChI=1S/C12H18N2/c1-10-2-4-11(5-3-10)12-6-8-14(12)9-7-13/h2-5,12H,6-9,13H2,1H3. The van der Waals surface area contributed by atoms with Crippen LogP contribution >= 0.6 is 0 Å². The van der Waals surface area contributed by atoms with E-state index in [1.54, 1.807) is 0 Å². The van der Waals surface area contributed by atoms with Crippen molar-refractivity contribution in [2.45, 2.75) is 19.4 Å². The molecule has 1 saturated heterocycles. The van der Waals surface area contributed by atoms with Crippen LogP contribution in [0.4, 0.5) is 0 Å². The normalized spacial score (nSPS) is 22.0. The molecule has 0 spiro atoms. The van der Waals surface area contributed by atoms with E-state index in [0.717, 1.165) is 13.1 Å². The molecular weight excluding hydrogens is 172 g/mol. The number of nitrogens with zero attached hydrogens (tertiary/aromatic N) is 1. The average molecular weight is 190 g/mol. The van der Waals surface area contributed by atoms with Gasteiger partial charge in [0, 0.05) is 25.7 Å². The molecule has 0 aromatic heterocycles. The molecular formula is C12H18N2. The highest BCUT2D eigenvalue weighted by Crippen LogP contribution is 2.32. The van der Waals surface area contributed by atoms with Crippen LogP contribution in [0.3, 0.4) is 0 Å². The molecule has 2 heteroatoms. The minimum Gasteiger partial charge on any atom is -0.329 e. The van der Waals surface area contributed by atoms with Crippen molar-refractivity contribution in [2.75, 3.05) is 19.6 Å². The fourth-order valence-corrected chi connectivity index (χ4v) is 2.04. The summed E-state index contributed by atoms with van der Waals surface area (Å²) >= 11 is 0. The molecule has 0 radical (unpaired) electrons. The highest BCUT2D eigenvalue weighted by atomic mass is 15.2. The van der Waals surface area contributed by atoms with Crippen molar-refractivity contribution in [2.24, 2.45) is 5.73 Å². The second-order valence-corrected chi connectivity index (χ2v) is 4.04. The summed E-state index contributed by atoms with van der Waals surface area (Å²) in [5, 5.41) is 0. The maximum absolute atomic E-state index is 5.56. The summed E-state index contributed by atoms with van der Waals surface area (Å²) in [7, 11) is 0. The molecule has 1 aromatic rings. The van der Waals surface area contributed by atoms with E-state index < -0.39 is 0 Å². The largest absolute Gasteiger partial charge is 0.329 e. The van der Waals surface area contributed by atoms with E-state index in [9.17, 15) is 0 Å². The van der Waals surface area contributed by atoms with Gasteiger partial charge in [-0.15, -0.1) is 0 Å². The predicted octanol–water partition coefficient (Wildman–Crippen LogP) is 1.70. The lowest BCUT2D eigenvalue weighted by molar-refractivity contribution is 0.0951. The fourth-order valence-electron chi connectivity index (χ4n) is 2.04. The lowest BCUT2D eigenvalue weighted by atomic mass is 9.94. The van der Waals surface area contributed by atoms with E-state index in [1.165, 1.54) is 24.1 Å². The summed E-state index contributed by atoms with van der Waals surface area (Å²) in [6, 6.07) is 9.48. The molecule has 1 aromatic carbocycles. The van der Waals surface area contributed by atoms with Crippen LogP contribution in [0.2, 0.25) is 0 Å². The van der Waals surface area contributed by atoms with E-state index >= 15 is 0 Å². The zero-order valence-corrected chi connectivity index (χ0v) is 8.74. The number of likely N-dealkylation sites (tertiary alicyclic amines) is 1. The third-order valence-corrected chi connectivity index (χ3v) is 3.01. The average Bonchev–Trinajstić information content (AvgIpc) is 2.16. The van der Waals surface area contributed by atoms with Gasteiger partial charge < -0.3 is 5.73 Å². The van der Waals surface area contributed by atoms with E-state index in [4.69, 9.17) is 5.73 Å². The summed E-state index contributed by atoms with van der Waals surface area (Å²) in [5.41, 5.74) is 8.33. The molecule has 1 unspecified atom stereocenters. The van der Waals surface area contributed by atoms with Crippen molar-refractivity contribution >= 4 is 0 Å². The summed E-state index contributed by atoms with van der Waals surface area (Å²) in [4.78, 5) is 2.45. The van der Waals surface area contributed by atoms with Crippen LogP contribution in [0.5, 0.6) is 0 Å². The van der Waals surface area contributed by atoms with Crippen LogP contribution in [-0.4, -0.2) is 24.5 Å². The Morgan fingerprint density at radius 3 is 2.57 bits per heavy atom. The minimum atomic E-state index is 0.624. The van der Waals surface area contributed by atoms with Crippen molar-refractivity contribution in [1.29, 1.82) is 0 Å². The molecule has 1 heterocycles. The van der Waals surface area contributed by atoms with Crippen molar-refractivity contribution in [3.05, 3.63) is 35.4 Å². The van der Waals surface area contributed by atoms with Gasteiger partial charge in [0.05, 0.1) is 0 Å². The fraction of sp³-hybridized carbons (Fsp3) is 0.500. The first kappa shape index (κ1) is 9.69. The third-order valence-electron chi connectivity index (χ3n) is 3.01. The van der Waals surface area contributed by atoms with Gasteiger partial charge in [-0.3, -0.25) is 4.90 Å². The van der Waals surface area contributed by atoms with Gasteiger partial charge >= 0.3 is 0 Å². The lowest BCUT2D eigenvalue weighted by Crippen LogP contribution is -2.43. The molecule has 0 aliphatic carbocycles. The van der Waals surface area contributed by atoms with Crippen LogP contribution in [0.15, 0.2) is 24.3 Å². The Bertz CT molecular complexity index is 292. The molecule has 0 bridgehead atoms. The quantitative estimate of drug-likeness (QED) is 0.786. The second-order valence-electron chi connectivity index (χ2n) is 4.04. The highest BCUT2D eigenvalue weighted by molar-refractivity contribution is 5.25. The monoisotopic (exact) mass is 190 g/mol. The summed E-state index contributed by atoms with van der Waals surface area (Å²) in [6.45, 7) is 5.12. The van der Waals surface area contributed by atoms with Gasteiger partial charge in [-0.2, -0.15) is 0 Å². The number of aryl methyl sites for hydroxylation is 1. The van der Waals surface area contributed by atoms with E-state index in [-0.39, 0.29) is 0 Å². The number of hydrogen-bond acceptors (Lipinski definition) is 2. The van der Waals surface area contributed by atoms with Crippen LogP contribution in [0, 0.1) is 6.92 Å². The van der Waals surface area contributed by atoms with Gasteiger partial charge in [-0.1, -0.05) is 29.8 Å². The molecule has 1 aliphatic heterocycles. The molecule has 2 nitrogen and oxygen atoms in total. The van der Waals surface area contributed by atoms with Crippen LogP contribution < -0.4 is 5.73 Å². The van der Waals surface area contributed by atoms with E-state index in [1.807, 2.05) is 0 Å². The number of hydrogen-bond donors (Lipinski definition) is 1. The van der Waals surface area contributed by atoms with E-state index in [0.29, 0.717) is 6.04 Å². The van der Waals surface area contributed by atoms with Crippen LogP contribution in [0.25, 0.3) is 0 Å². The van der Waals surface area contributed by atoms with E-state index in [2.05, 4.69) is 36.1 Å². The zero-order chi connectivity index (χ0) is 9.97. The highest BCUT2D eigenvalue weighted by Gasteiger charge is 2.27. The second kappa shape index (κ2) is 4.11. The molecule has 1 atom stereocenters. The Labute approximate surface area is 85.7 Å². The Hall–Kier alpha value is -0.860. The van der Waals surface area contributed by atoms with Crippen molar-refractivity contribution in [3.63, 3.8) is 0 Å². The number of rotatable bonds is 3. The van der Waals surface area contributed by atoms with Crippen LogP contribution in [-0.2, 0) is 0 Å². The van der Waals surface area contributed by atoms with Gasteiger partial charge in [0.2, 0.25) is 0 Å². The van der Waals surface area contributed by atoms with Gasteiger partial charge in [0.1, 0.15) is 0 Å². The molecule has 0 amide bonds. The first-order valence-corrected chi connectivity index (χ1v) is 5.32. The SMILES string of the molecule is Cc1ccc(C2CCN2CCN)cc1. The van der Waals surface area contributed by atoms with Gasteiger partial charge in [0.25, 0.3) is 0 Å². The van der Waals surface area contributed by atoms with Crippen LogP contribution in [0.1, 0.15) is 23.6 Å². The Morgan fingerprint density at radius 1 is 1.36 bits per heavy atom. The predicted molar refractivity (Wildman–Crippen MR) is 59.2 cm³/mol. The topological polar surface area (TPSA) is 29.3 Å². The molecule has 1 aliphatic rings. The molecule has 1 fully saturated rings. The van der Waals surface area contributed by atoms with Gasteiger partial charge in [0.15, 0.2) is 0 Å². The molecule has 2 N–H and O–H groups in total. The number of benzene rings is 1. The first-order valence-electron chi connectivity index (χ1n) is 5.32. The molecule has 76 valence electrons. The van der Waals surface area contributed by atoms with Crippen molar-refractivity contribution < 1.29 is 0 Å². The van der Waals surface area contributed by atoms with Crippen molar-refractivity contribution in [3.8, 4) is 0 Å². The summed E-state index contributed by atoms with van der Waals surface area (Å²) in [6.07, 6.45) is 1.28. The minimum absolute atomic E-state index is 0.624. The lowest BCUT2D eigenvalue weighted by Gasteiger charge is -2.41. The Morgan fingerprint density at radius 2 is 2.07 bits per heavy atom. The maximum Gasteiger partial charge on any atom is 0.0360 e. The van der Waals surface area contributed by atoms with Crippen molar-refractivity contribution in [1.82, 2.24) is 4.90 Å². The Kier molecular flexibility index (Phi) is 2.85. The summed E-state index contributed by atoms with van der Waals surface area (Å²) in [5.74, 6) is 0. The Balaban J connectivity index is 2.04. The smallest absolute Gasteiger partial charge is 0.0360 e. The number of nitrogens with two attached hydrogens (primary N) is 1. The van der Waals surface area contributed by atoms with Gasteiger partial charge in [-0.25, -0.2) is 0 Å². The first-order chi connectivity index (χ1) is 6.81. The van der Waals surface area contributed by atoms with Gasteiger partial charge in [-0.05, 0) is 18.9 Å². The summed E-state index contributed by atoms with van der Waals surface area (Å²) < 4.78 is 0. The molecule has 0 saturated carbocycles. The zero-order valence-electron chi connectivity index (χ0n) is 8.74. The molecule has 14 heavy (non-hydrogen) atoms. The third kappa shape index (κ3) is 1.81. The molecule has 2 rings (SSSR count).